The molecule has 1 N–H and O–H groups in total. The van der Waals surface area contributed by atoms with Crippen molar-refractivity contribution in [3.63, 3.8) is 0 Å². The van der Waals surface area contributed by atoms with Crippen molar-refractivity contribution in [3.05, 3.63) is 96.8 Å². The summed E-state index contributed by atoms with van der Waals surface area (Å²) in [6.45, 7) is 2.30. The van der Waals surface area contributed by atoms with Crippen molar-refractivity contribution in [2.24, 2.45) is 4.99 Å². The van der Waals surface area contributed by atoms with Gasteiger partial charge in [-0.1, -0.05) is 35.0 Å². The number of methoxy groups -OCH3 is 1. The molecule has 0 bridgehead atoms. The maximum absolute atomic E-state index is 12.5. The van der Waals surface area contributed by atoms with E-state index in [1.54, 1.807) is 30.3 Å². The van der Waals surface area contributed by atoms with Gasteiger partial charge in [0.1, 0.15) is 6.61 Å². The fourth-order valence-corrected chi connectivity index (χ4v) is 4.62. The van der Waals surface area contributed by atoms with E-state index in [0.717, 1.165) is 23.2 Å². The molecule has 1 amide bonds. The summed E-state index contributed by atoms with van der Waals surface area (Å²) >= 11 is 4.81. The van der Waals surface area contributed by atoms with Crippen LogP contribution in [0.5, 0.6) is 11.5 Å². The van der Waals surface area contributed by atoms with Gasteiger partial charge in [-0.2, -0.15) is 0 Å². The summed E-state index contributed by atoms with van der Waals surface area (Å²) in [6, 6.07) is 17.6. The number of amidine groups is 1. The van der Waals surface area contributed by atoms with Gasteiger partial charge in [0.05, 0.1) is 22.6 Å². The van der Waals surface area contributed by atoms with Crippen molar-refractivity contribution in [2.45, 2.75) is 20.0 Å². The Bertz CT molecular complexity index is 1360. The molecule has 1 fully saturated rings. The first-order valence-electron chi connectivity index (χ1n) is 11.0. The number of halogens is 1. The minimum Gasteiger partial charge on any atom is -0.493 e. The molecular weight excluding hydrogens is 546 g/mol. The van der Waals surface area contributed by atoms with E-state index in [9.17, 15) is 14.9 Å². The van der Waals surface area contributed by atoms with Gasteiger partial charge in [0.15, 0.2) is 16.7 Å². The Morgan fingerprint density at radius 1 is 1.08 bits per heavy atom. The van der Waals surface area contributed by atoms with E-state index in [-0.39, 0.29) is 18.2 Å². The molecule has 1 aliphatic heterocycles. The summed E-state index contributed by atoms with van der Waals surface area (Å²) in [4.78, 5) is 28.0. The van der Waals surface area contributed by atoms with E-state index in [2.05, 4.69) is 33.2 Å². The first-order chi connectivity index (χ1) is 17.4. The molecule has 1 saturated heterocycles. The van der Waals surface area contributed by atoms with Crippen LogP contribution in [0.1, 0.15) is 23.6 Å². The van der Waals surface area contributed by atoms with Crippen LogP contribution in [-0.2, 0) is 17.8 Å². The summed E-state index contributed by atoms with van der Waals surface area (Å²) in [5.41, 5.74) is 3.53. The van der Waals surface area contributed by atoms with E-state index >= 15 is 0 Å². The molecule has 0 saturated carbocycles. The number of nitrogens with one attached hydrogen (secondary N) is 1. The Balaban J connectivity index is 1.50. The van der Waals surface area contributed by atoms with Crippen LogP contribution in [-0.4, -0.2) is 23.1 Å². The van der Waals surface area contributed by atoms with Crippen LogP contribution in [0.4, 0.5) is 11.4 Å². The lowest BCUT2D eigenvalue weighted by Crippen LogP contribution is -2.19. The monoisotopic (exact) mass is 567 g/mol. The van der Waals surface area contributed by atoms with Crippen LogP contribution >= 0.6 is 27.7 Å². The van der Waals surface area contributed by atoms with Gasteiger partial charge in [-0.05, 0) is 77.3 Å². The number of thioether (sulfide) groups is 1. The Kier molecular flexibility index (Phi) is 8.07. The van der Waals surface area contributed by atoms with Gasteiger partial charge in [0, 0.05) is 16.6 Å². The van der Waals surface area contributed by atoms with Crippen molar-refractivity contribution in [2.75, 3.05) is 7.11 Å². The number of hydrogen-bond acceptors (Lipinski definition) is 7. The van der Waals surface area contributed by atoms with Gasteiger partial charge in [0.2, 0.25) is 0 Å². The molecule has 0 aromatic heterocycles. The molecule has 4 rings (SSSR count). The highest BCUT2D eigenvalue weighted by atomic mass is 79.9. The molecule has 184 valence electrons. The average molecular weight is 568 g/mol. The minimum absolute atomic E-state index is 0.0212. The number of aryl methyl sites for hydroxylation is 1. The SMILES string of the molecule is CCc1ccc(N=C2NC(=O)/C(=C/c3cc(OC)c(OCc4ccc([N+](=O)[O-])cc4)cc3Br)S2)cc1. The second-order valence-corrected chi connectivity index (χ2v) is 9.62. The molecule has 0 unspecified atom stereocenters. The summed E-state index contributed by atoms with van der Waals surface area (Å²) in [5, 5.41) is 14.1. The molecule has 0 aliphatic carbocycles. The lowest BCUT2D eigenvalue weighted by Gasteiger charge is -2.13. The Labute approximate surface area is 220 Å². The number of nitro groups is 1. The summed E-state index contributed by atoms with van der Waals surface area (Å²) in [6.07, 6.45) is 2.71. The number of carbonyl (C=O) groups is 1. The predicted molar refractivity (Wildman–Crippen MR) is 145 cm³/mol. The van der Waals surface area contributed by atoms with Crippen LogP contribution in [0, 0.1) is 10.1 Å². The van der Waals surface area contributed by atoms with E-state index < -0.39 is 4.92 Å². The number of non-ortho nitro benzene ring substituents is 1. The highest BCUT2D eigenvalue weighted by Gasteiger charge is 2.24. The summed E-state index contributed by atoms with van der Waals surface area (Å²) in [5.74, 6) is 0.750. The maximum atomic E-state index is 12.5. The molecular formula is C26H22BrN3O5S. The topological polar surface area (TPSA) is 103 Å². The minimum atomic E-state index is -0.445. The van der Waals surface area contributed by atoms with E-state index in [0.29, 0.717) is 26.0 Å². The van der Waals surface area contributed by atoms with Gasteiger partial charge >= 0.3 is 0 Å². The van der Waals surface area contributed by atoms with Crippen LogP contribution in [0.25, 0.3) is 6.08 Å². The number of aliphatic imine (C=N–C) groups is 1. The highest BCUT2D eigenvalue weighted by Crippen LogP contribution is 2.37. The zero-order chi connectivity index (χ0) is 25.7. The third-order valence-corrected chi connectivity index (χ3v) is 6.93. The lowest BCUT2D eigenvalue weighted by molar-refractivity contribution is -0.384. The predicted octanol–water partition coefficient (Wildman–Crippen LogP) is 6.40. The van der Waals surface area contributed by atoms with Crippen LogP contribution in [0.3, 0.4) is 0 Å². The summed E-state index contributed by atoms with van der Waals surface area (Å²) in [7, 11) is 1.53. The summed E-state index contributed by atoms with van der Waals surface area (Å²) < 4.78 is 12.1. The largest absolute Gasteiger partial charge is 0.493 e. The van der Waals surface area contributed by atoms with E-state index in [4.69, 9.17) is 9.47 Å². The number of nitro benzene ring substituents is 1. The lowest BCUT2D eigenvalue weighted by atomic mass is 10.1. The number of benzene rings is 3. The average Bonchev–Trinajstić information content (AvgIpc) is 3.22. The Morgan fingerprint density at radius 2 is 1.78 bits per heavy atom. The number of ether oxygens (including phenoxy) is 2. The molecule has 8 nitrogen and oxygen atoms in total. The normalized spacial score (nSPS) is 15.2. The third-order valence-electron chi connectivity index (χ3n) is 5.34. The van der Waals surface area contributed by atoms with Gasteiger partial charge in [0.25, 0.3) is 11.6 Å². The van der Waals surface area contributed by atoms with Crippen LogP contribution in [0.15, 0.2) is 75.0 Å². The standard InChI is InChI=1S/C26H22BrN3O5S/c1-3-16-4-8-19(9-5-16)28-26-29-25(31)24(36-26)13-18-12-22(34-2)23(14-21(18)27)35-15-17-6-10-20(11-7-17)30(32)33/h4-14H,3,15H2,1-2H3,(H,28,29,31)/b24-13-. The quantitative estimate of drug-likeness (QED) is 0.192. The van der Waals surface area contributed by atoms with Crippen molar-refractivity contribution >= 4 is 56.2 Å². The molecule has 10 heteroatoms. The number of rotatable bonds is 8. The second-order valence-electron chi connectivity index (χ2n) is 7.74. The number of hydrogen-bond donors (Lipinski definition) is 1. The second kappa shape index (κ2) is 11.4. The molecule has 1 aliphatic rings. The van der Waals surface area contributed by atoms with Crippen LogP contribution in [0.2, 0.25) is 0 Å². The fraction of sp³-hybridized carbons (Fsp3) is 0.154. The van der Waals surface area contributed by atoms with Crippen molar-refractivity contribution < 1.29 is 19.2 Å². The Morgan fingerprint density at radius 3 is 2.42 bits per heavy atom. The fourth-order valence-electron chi connectivity index (χ4n) is 3.35. The molecule has 3 aromatic rings. The highest BCUT2D eigenvalue weighted by molar-refractivity contribution is 9.10. The van der Waals surface area contributed by atoms with Gasteiger partial charge < -0.3 is 14.8 Å². The van der Waals surface area contributed by atoms with E-state index in [1.165, 1.54) is 36.6 Å². The van der Waals surface area contributed by atoms with E-state index in [1.807, 2.05) is 24.3 Å². The van der Waals surface area contributed by atoms with Crippen molar-refractivity contribution in [3.8, 4) is 11.5 Å². The number of amides is 1. The first-order valence-corrected chi connectivity index (χ1v) is 12.6. The number of carbonyl (C=O) groups excluding carboxylic acids is 1. The zero-order valence-electron chi connectivity index (χ0n) is 19.5. The third kappa shape index (κ3) is 6.13. The smallest absolute Gasteiger partial charge is 0.269 e. The van der Waals surface area contributed by atoms with Crippen molar-refractivity contribution in [1.82, 2.24) is 5.32 Å². The van der Waals surface area contributed by atoms with Crippen LogP contribution < -0.4 is 14.8 Å². The molecule has 0 radical (unpaired) electrons. The zero-order valence-corrected chi connectivity index (χ0v) is 21.9. The molecule has 3 aromatic carbocycles. The Hall–Kier alpha value is -3.63. The van der Waals surface area contributed by atoms with Crippen molar-refractivity contribution in [1.29, 1.82) is 0 Å². The van der Waals surface area contributed by atoms with Gasteiger partial charge in [-0.3, -0.25) is 14.9 Å². The molecule has 0 spiro atoms. The molecule has 0 atom stereocenters. The number of nitrogens with zero attached hydrogens (tertiary/aromatic N) is 2. The molecule has 1 heterocycles. The maximum Gasteiger partial charge on any atom is 0.269 e. The first kappa shape index (κ1) is 25.5. The van der Waals surface area contributed by atoms with Gasteiger partial charge in [-0.25, -0.2) is 4.99 Å². The van der Waals surface area contributed by atoms with Gasteiger partial charge in [-0.15, -0.1) is 0 Å². The molecule has 36 heavy (non-hydrogen) atoms.